The molecule has 28 heavy (non-hydrogen) atoms. The molecule has 4 aliphatic carbocycles. The van der Waals surface area contributed by atoms with Crippen LogP contribution in [0.2, 0.25) is 5.15 Å². The Hall–Kier alpha value is -1.19. The summed E-state index contributed by atoms with van der Waals surface area (Å²) in [7, 11) is 1.59. The lowest BCUT2D eigenvalue weighted by atomic mass is 9.52. The number of nitrogens with two attached hydrogens (primary N) is 1. The number of nitrogens with zero attached hydrogens (tertiary/aromatic N) is 2. The molecule has 0 aliphatic heterocycles. The standard InChI is InChI=1S/C10H17NO.C9H13ClN2O4/c11-9-7-1-6-2-8(9)5-10(12,3-6)4-7;1-15-4-5-16-3-2-12-8(10)7(6-11-12)9(13)14/h6-9,12H,1-5,11H2;6H,2-5H2,1H3,(H,13,14). The zero-order valence-electron chi connectivity index (χ0n) is 16.2. The minimum absolute atomic E-state index is 0.00134. The first-order chi connectivity index (χ1) is 13.3. The van der Waals surface area contributed by atoms with Gasteiger partial charge in [0.2, 0.25) is 0 Å². The molecule has 158 valence electrons. The van der Waals surface area contributed by atoms with E-state index in [9.17, 15) is 9.90 Å². The van der Waals surface area contributed by atoms with Gasteiger partial charge in [-0.05, 0) is 49.9 Å². The molecule has 4 N–H and O–H groups in total. The zero-order chi connectivity index (χ0) is 20.3. The summed E-state index contributed by atoms with van der Waals surface area (Å²) in [5.74, 6) is 0.992. The Bertz CT molecular complexity index is 667. The van der Waals surface area contributed by atoms with Crippen molar-refractivity contribution in [1.82, 2.24) is 9.78 Å². The van der Waals surface area contributed by atoms with Gasteiger partial charge in [-0.15, -0.1) is 0 Å². The van der Waals surface area contributed by atoms with E-state index in [1.165, 1.54) is 23.7 Å². The number of carbonyl (C=O) groups is 1. The van der Waals surface area contributed by atoms with Crippen molar-refractivity contribution in [3.8, 4) is 0 Å². The maximum Gasteiger partial charge on any atom is 0.340 e. The Labute approximate surface area is 169 Å². The number of aliphatic hydroxyl groups is 1. The Morgan fingerprint density at radius 3 is 2.54 bits per heavy atom. The summed E-state index contributed by atoms with van der Waals surface area (Å²) in [6.45, 7) is 1.83. The van der Waals surface area contributed by atoms with Gasteiger partial charge in [0.1, 0.15) is 10.7 Å². The van der Waals surface area contributed by atoms with Crippen LogP contribution in [0.5, 0.6) is 0 Å². The molecule has 5 rings (SSSR count). The lowest BCUT2D eigenvalue weighted by molar-refractivity contribution is -0.132. The fourth-order valence-corrected chi connectivity index (χ4v) is 5.34. The molecule has 2 unspecified atom stereocenters. The number of hydrogen-bond acceptors (Lipinski definition) is 6. The quantitative estimate of drug-likeness (QED) is 0.580. The smallest absolute Gasteiger partial charge is 0.340 e. The second-order valence-corrected chi connectivity index (χ2v) is 8.61. The van der Waals surface area contributed by atoms with E-state index < -0.39 is 5.97 Å². The van der Waals surface area contributed by atoms with Crippen LogP contribution >= 0.6 is 11.6 Å². The van der Waals surface area contributed by atoms with Crippen LogP contribution in [0.25, 0.3) is 0 Å². The second-order valence-electron chi connectivity index (χ2n) is 8.25. The molecule has 8 nitrogen and oxygen atoms in total. The second kappa shape index (κ2) is 9.09. The number of methoxy groups -OCH3 is 1. The number of aromatic carboxylic acids is 1. The van der Waals surface area contributed by atoms with Crippen molar-refractivity contribution in [2.24, 2.45) is 23.5 Å². The van der Waals surface area contributed by atoms with Gasteiger partial charge in [0, 0.05) is 13.2 Å². The van der Waals surface area contributed by atoms with E-state index in [1.807, 2.05) is 0 Å². The Kier molecular flexibility index (Phi) is 6.98. The van der Waals surface area contributed by atoms with Gasteiger partial charge in [-0.1, -0.05) is 11.6 Å². The molecule has 9 heteroatoms. The minimum Gasteiger partial charge on any atom is -0.478 e. The van der Waals surface area contributed by atoms with Crippen molar-refractivity contribution in [1.29, 1.82) is 0 Å². The van der Waals surface area contributed by atoms with E-state index in [-0.39, 0.29) is 16.3 Å². The van der Waals surface area contributed by atoms with Crippen molar-refractivity contribution >= 4 is 17.6 Å². The highest BCUT2D eigenvalue weighted by Gasteiger charge is 2.53. The number of hydrogen-bond donors (Lipinski definition) is 3. The van der Waals surface area contributed by atoms with E-state index in [0.29, 0.717) is 44.2 Å². The van der Waals surface area contributed by atoms with Gasteiger partial charge in [-0.3, -0.25) is 4.68 Å². The van der Waals surface area contributed by atoms with Gasteiger partial charge in [-0.25, -0.2) is 4.79 Å². The van der Waals surface area contributed by atoms with E-state index in [2.05, 4.69) is 5.10 Å². The van der Waals surface area contributed by atoms with Crippen LogP contribution in [0.4, 0.5) is 0 Å². The molecule has 2 atom stereocenters. The van der Waals surface area contributed by atoms with Crippen molar-refractivity contribution in [2.45, 2.75) is 50.3 Å². The van der Waals surface area contributed by atoms with Crippen molar-refractivity contribution in [3.63, 3.8) is 0 Å². The molecular formula is C19H30ClN3O5. The fourth-order valence-electron chi connectivity index (χ4n) is 5.09. The van der Waals surface area contributed by atoms with Crippen LogP contribution in [0.1, 0.15) is 42.5 Å². The third-order valence-corrected chi connectivity index (χ3v) is 6.60. The predicted octanol–water partition coefficient (Wildman–Crippen LogP) is 1.78. The summed E-state index contributed by atoms with van der Waals surface area (Å²) in [5, 5.41) is 22.9. The molecule has 4 fully saturated rings. The number of rotatable bonds is 7. The third-order valence-electron chi connectivity index (χ3n) is 6.20. The summed E-state index contributed by atoms with van der Waals surface area (Å²) in [6.07, 6.45) is 6.84. The van der Waals surface area contributed by atoms with Crippen LogP contribution in [-0.4, -0.2) is 64.5 Å². The largest absolute Gasteiger partial charge is 0.478 e. The molecule has 1 aromatic heterocycles. The Morgan fingerprint density at radius 2 is 2.00 bits per heavy atom. The molecular weight excluding hydrogens is 386 g/mol. The normalized spacial score (nSPS) is 32.9. The Balaban J connectivity index is 0.000000166. The molecule has 4 aliphatic rings. The highest BCUT2D eigenvalue weighted by Crippen LogP contribution is 2.54. The number of ether oxygens (including phenoxy) is 2. The molecule has 0 spiro atoms. The number of carboxylic acid groups (broad SMARTS) is 1. The summed E-state index contributed by atoms with van der Waals surface area (Å²) in [6, 6.07) is 0.404. The summed E-state index contributed by atoms with van der Waals surface area (Å²) >= 11 is 5.80. The summed E-state index contributed by atoms with van der Waals surface area (Å²) in [5.41, 5.74) is 5.81. The zero-order valence-corrected chi connectivity index (χ0v) is 17.0. The molecule has 4 bridgehead atoms. The first kappa shape index (κ1) is 21.5. The van der Waals surface area contributed by atoms with Crippen molar-refractivity contribution in [3.05, 3.63) is 16.9 Å². The topological polar surface area (TPSA) is 120 Å². The van der Waals surface area contributed by atoms with E-state index in [0.717, 1.165) is 25.2 Å². The average molecular weight is 416 g/mol. The van der Waals surface area contributed by atoms with Crippen molar-refractivity contribution in [2.75, 3.05) is 26.9 Å². The van der Waals surface area contributed by atoms with Gasteiger partial charge in [0.25, 0.3) is 0 Å². The first-order valence-corrected chi connectivity index (χ1v) is 10.2. The molecule has 4 saturated carbocycles. The predicted molar refractivity (Wildman–Crippen MR) is 103 cm³/mol. The van der Waals surface area contributed by atoms with E-state index in [4.69, 9.17) is 31.9 Å². The van der Waals surface area contributed by atoms with Crippen LogP contribution in [0.3, 0.4) is 0 Å². The SMILES string of the molecule is COCCOCCn1ncc(C(=O)O)c1Cl.NC1C2CC3CC1CC(O)(C3)C2. The minimum atomic E-state index is -1.09. The molecule has 0 saturated heterocycles. The van der Waals surface area contributed by atoms with E-state index >= 15 is 0 Å². The van der Waals surface area contributed by atoms with Crippen LogP contribution in [-0.2, 0) is 16.0 Å². The maximum absolute atomic E-state index is 10.7. The van der Waals surface area contributed by atoms with Gasteiger partial charge in [0.05, 0.1) is 38.2 Å². The summed E-state index contributed by atoms with van der Waals surface area (Å²) in [4.78, 5) is 10.7. The van der Waals surface area contributed by atoms with Gasteiger partial charge in [-0.2, -0.15) is 5.10 Å². The monoisotopic (exact) mass is 415 g/mol. The third kappa shape index (κ3) is 4.86. The molecule has 1 heterocycles. The lowest BCUT2D eigenvalue weighted by Crippen LogP contribution is -2.59. The van der Waals surface area contributed by atoms with Crippen LogP contribution in [0.15, 0.2) is 6.20 Å². The average Bonchev–Trinajstić information content (AvgIpc) is 2.99. The number of halogens is 1. The van der Waals surface area contributed by atoms with Crippen LogP contribution < -0.4 is 5.73 Å². The number of carboxylic acids is 1. The molecule has 0 amide bonds. The number of aromatic nitrogens is 2. The van der Waals surface area contributed by atoms with E-state index in [1.54, 1.807) is 7.11 Å². The van der Waals surface area contributed by atoms with Gasteiger partial charge in [0.15, 0.2) is 0 Å². The van der Waals surface area contributed by atoms with Crippen LogP contribution in [0, 0.1) is 17.8 Å². The highest BCUT2D eigenvalue weighted by atomic mass is 35.5. The van der Waals surface area contributed by atoms with Gasteiger partial charge >= 0.3 is 5.97 Å². The first-order valence-electron chi connectivity index (χ1n) is 9.82. The fraction of sp³-hybridized carbons (Fsp3) is 0.789. The lowest BCUT2D eigenvalue weighted by Gasteiger charge is -2.57. The highest BCUT2D eigenvalue weighted by molar-refractivity contribution is 6.32. The van der Waals surface area contributed by atoms with Crippen molar-refractivity contribution < 1.29 is 24.5 Å². The van der Waals surface area contributed by atoms with Gasteiger partial charge < -0.3 is 25.4 Å². The Morgan fingerprint density at radius 1 is 1.32 bits per heavy atom. The molecule has 1 aromatic rings. The molecule has 0 radical (unpaired) electrons. The maximum atomic E-state index is 10.7. The summed E-state index contributed by atoms with van der Waals surface area (Å²) < 4.78 is 11.4. The molecule has 0 aromatic carbocycles.